The van der Waals surface area contributed by atoms with Crippen molar-refractivity contribution in [3.63, 3.8) is 0 Å². The van der Waals surface area contributed by atoms with Gasteiger partial charge in [-0.2, -0.15) is 0 Å². The fourth-order valence-corrected chi connectivity index (χ4v) is 3.69. The van der Waals surface area contributed by atoms with Gasteiger partial charge in [0.05, 0.1) is 12.1 Å². The molecule has 0 radical (unpaired) electrons. The molecule has 0 saturated heterocycles. The molecule has 3 aromatic rings. The molecule has 0 aliphatic rings. The highest BCUT2D eigenvalue weighted by atomic mass is 16.5. The molecule has 3 rings (SSSR count). The smallest absolute Gasteiger partial charge is 0.338 e. The number of aryl methyl sites for hydroxylation is 4. The van der Waals surface area contributed by atoms with E-state index in [-0.39, 0.29) is 18.0 Å². The fourth-order valence-electron chi connectivity index (χ4n) is 3.69. The molecule has 0 bridgehead atoms. The molecule has 0 atom stereocenters. The van der Waals surface area contributed by atoms with E-state index in [4.69, 9.17) is 9.47 Å². The highest BCUT2D eigenvalue weighted by molar-refractivity contribution is 5.96. The largest absolute Gasteiger partial charge is 0.489 e. The molecule has 35 heavy (non-hydrogen) atoms. The van der Waals surface area contributed by atoms with Gasteiger partial charge in [0.25, 0.3) is 5.91 Å². The van der Waals surface area contributed by atoms with Crippen LogP contribution < -0.4 is 15.4 Å². The Morgan fingerprint density at radius 1 is 0.800 bits per heavy atom. The Bertz CT molecular complexity index is 1210. The van der Waals surface area contributed by atoms with E-state index in [0.717, 1.165) is 33.5 Å². The zero-order chi connectivity index (χ0) is 25.4. The average Bonchev–Trinajstić information content (AvgIpc) is 2.82. The van der Waals surface area contributed by atoms with Gasteiger partial charge in [-0.3, -0.25) is 9.59 Å². The predicted octanol–water partition coefficient (Wildman–Crippen LogP) is 4.41. The molecule has 2 amide bonds. The van der Waals surface area contributed by atoms with Crippen molar-refractivity contribution in [3.8, 4) is 5.75 Å². The van der Waals surface area contributed by atoms with Crippen LogP contribution in [-0.2, 0) is 20.9 Å². The lowest BCUT2D eigenvalue weighted by atomic mass is 10.1. The van der Waals surface area contributed by atoms with Gasteiger partial charge in [0, 0.05) is 5.69 Å². The Balaban J connectivity index is 1.45. The predicted molar refractivity (Wildman–Crippen MR) is 135 cm³/mol. The molecule has 0 unspecified atom stereocenters. The van der Waals surface area contributed by atoms with Gasteiger partial charge in [0.1, 0.15) is 12.4 Å². The summed E-state index contributed by atoms with van der Waals surface area (Å²) in [6.07, 6.45) is 0. The second-order valence-electron chi connectivity index (χ2n) is 8.48. The molecule has 0 aliphatic heterocycles. The Hall–Kier alpha value is -4.13. The lowest BCUT2D eigenvalue weighted by Crippen LogP contribution is -2.35. The van der Waals surface area contributed by atoms with E-state index in [0.29, 0.717) is 12.4 Å². The Morgan fingerprint density at radius 2 is 1.51 bits per heavy atom. The van der Waals surface area contributed by atoms with Crippen molar-refractivity contribution in [3.05, 3.63) is 94.0 Å². The van der Waals surface area contributed by atoms with Crippen LogP contribution in [0.5, 0.6) is 5.75 Å². The van der Waals surface area contributed by atoms with Crippen LogP contribution in [-0.4, -0.2) is 30.9 Å². The number of rotatable bonds is 9. The summed E-state index contributed by atoms with van der Waals surface area (Å²) in [4.78, 5) is 36.7. The third kappa shape index (κ3) is 7.71. The van der Waals surface area contributed by atoms with E-state index >= 15 is 0 Å². The summed E-state index contributed by atoms with van der Waals surface area (Å²) in [7, 11) is 0. The van der Waals surface area contributed by atoms with Crippen LogP contribution in [0, 0.1) is 27.7 Å². The van der Waals surface area contributed by atoms with Crippen molar-refractivity contribution < 1.29 is 23.9 Å². The standard InChI is InChI=1S/C28H30N2O5/c1-18-7-5-8-22(13-18)16-34-24-10-6-9-23(14-24)28(33)35-17-26(32)29-15-25(31)30-27-20(3)11-19(2)12-21(27)4/h5-14H,15-17H2,1-4H3,(H,29,32)(H,30,31). The molecule has 0 aliphatic carbocycles. The number of carbonyl (C=O) groups is 3. The molecule has 0 heterocycles. The maximum Gasteiger partial charge on any atom is 0.338 e. The minimum Gasteiger partial charge on any atom is -0.489 e. The van der Waals surface area contributed by atoms with Crippen LogP contribution in [0.4, 0.5) is 5.69 Å². The number of benzene rings is 3. The van der Waals surface area contributed by atoms with Crippen LogP contribution in [0.3, 0.4) is 0 Å². The average molecular weight is 475 g/mol. The summed E-state index contributed by atoms with van der Waals surface area (Å²) in [5.41, 5.74) is 6.15. The first-order valence-corrected chi connectivity index (χ1v) is 11.3. The maximum absolute atomic E-state index is 12.4. The van der Waals surface area contributed by atoms with Gasteiger partial charge in [0.2, 0.25) is 5.91 Å². The van der Waals surface area contributed by atoms with E-state index in [1.807, 2.05) is 64.1 Å². The highest BCUT2D eigenvalue weighted by Gasteiger charge is 2.13. The van der Waals surface area contributed by atoms with Gasteiger partial charge in [-0.05, 0) is 62.6 Å². The van der Waals surface area contributed by atoms with Crippen molar-refractivity contribution >= 4 is 23.5 Å². The topological polar surface area (TPSA) is 93.7 Å². The minimum atomic E-state index is -0.656. The maximum atomic E-state index is 12.4. The number of hydrogen-bond acceptors (Lipinski definition) is 5. The molecule has 0 fully saturated rings. The SMILES string of the molecule is Cc1cccc(COc2cccc(C(=O)OCC(=O)NCC(=O)Nc3c(C)cc(C)cc3C)c2)c1. The van der Waals surface area contributed by atoms with Gasteiger partial charge in [0.15, 0.2) is 6.61 Å². The van der Waals surface area contributed by atoms with Crippen molar-refractivity contribution in [1.29, 1.82) is 0 Å². The zero-order valence-electron chi connectivity index (χ0n) is 20.4. The first-order valence-electron chi connectivity index (χ1n) is 11.3. The van der Waals surface area contributed by atoms with Gasteiger partial charge < -0.3 is 20.1 Å². The molecule has 2 N–H and O–H groups in total. The number of esters is 1. The molecular weight excluding hydrogens is 444 g/mol. The Morgan fingerprint density at radius 3 is 2.23 bits per heavy atom. The third-order valence-electron chi connectivity index (χ3n) is 5.28. The minimum absolute atomic E-state index is 0.231. The summed E-state index contributed by atoms with van der Waals surface area (Å²) in [6, 6.07) is 18.5. The lowest BCUT2D eigenvalue weighted by Gasteiger charge is -2.13. The van der Waals surface area contributed by atoms with E-state index in [1.165, 1.54) is 0 Å². The Labute approximate surface area is 205 Å². The van der Waals surface area contributed by atoms with Crippen molar-refractivity contribution in [2.45, 2.75) is 34.3 Å². The van der Waals surface area contributed by atoms with E-state index in [2.05, 4.69) is 10.6 Å². The van der Waals surface area contributed by atoms with Crippen molar-refractivity contribution in [2.24, 2.45) is 0 Å². The molecule has 0 spiro atoms. The highest BCUT2D eigenvalue weighted by Crippen LogP contribution is 2.21. The summed E-state index contributed by atoms with van der Waals surface area (Å²) >= 11 is 0. The van der Waals surface area contributed by atoms with Crippen LogP contribution in [0.2, 0.25) is 0 Å². The second kappa shape index (κ2) is 11.8. The third-order valence-corrected chi connectivity index (χ3v) is 5.28. The Kier molecular flexibility index (Phi) is 8.62. The zero-order valence-corrected chi connectivity index (χ0v) is 20.4. The number of anilines is 1. The van der Waals surface area contributed by atoms with Crippen molar-refractivity contribution in [2.75, 3.05) is 18.5 Å². The fraction of sp³-hybridized carbons (Fsp3) is 0.250. The molecule has 3 aromatic carbocycles. The summed E-state index contributed by atoms with van der Waals surface area (Å²) in [5.74, 6) is -1.07. The van der Waals surface area contributed by atoms with Crippen LogP contribution in [0.25, 0.3) is 0 Å². The van der Waals surface area contributed by atoms with Crippen LogP contribution >= 0.6 is 0 Å². The number of amides is 2. The van der Waals surface area contributed by atoms with Crippen LogP contribution in [0.15, 0.2) is 60.7 Å². The number of hydrogen-bond donors (Lipinski definition) is 2. The molecule has 0 aromatic heterocycles. The molecule has 7 heteroatoms. The van der Waals surface area contributed by atoms with Gasteiger partial charge in [-0.15, -0.1) is 0 Å². The molecular formula is C28H30N2O5. The number of nitrogens with one attached hydrogen (secondary N) is 2. The van der Waals surface area contributed by atoms with Gasteiger partial charge >= 0.3 is 5.97 Å². The molecule has 0 saturated carbocycles. The summed E-state index contributed by atoms with van der Waals surface area (Å²) in [6.45, 7) is 7.46. The van der Waals surface area contributed by atoms with E-state index in [9.17, 15) is 14.4 Å². The normalized spacial score (nSPS) is 10.4. The first kappa shape index (κ1) is 25.5. The second-order valence-corrected chi connectivity index (χ2v) is 8.48. The first-order chi connectivity index (χ1) is 16.7. The summed E-state index contributed by atoms with van der Waals surface area (Å²) < 4.78 is 10.9. The van der Waals surface area contributed by atoms with Gasteiger partial charge in [-0.25, -0.2) is 4.79 Å². The monoisotopic (exact) mass is 474 g/mol. The lowest BCUT2D eigenvalue weighted by molar-refractivity contribution is -0.126. The molecule has 7 nitrogen and oxygen atoms in total. The van der Waals surface area contributed by atoms with E-state index in [1.54, 1.807) is 24.3 Å². The number of ether oxygens (including phenoxy) is 2. The van der Waals surface area contributed by atoms with Crippen molar-refractivity contribution in [1.82, 2.24) is 5.32 Å². The molecule has 182 valence electrons. The van der Waals surface area contributed by atoms with Crippen LogP contribution in [0.1, 0.15) is 38.2 Å². The van der Waals surface area contributed by atoms with Gasteiger partial charge in [-0.1, -0.05) is 53.6 Å². The summed E-state index contributed by atoms with van der Waals surface area (Å²) in [5, 5.41) is 5.27. The quantitative estimate of drug-likeness (QED) is 0.448. The number of carbonyl (C=O) groups excluding carboxylic acids is 3. The van der Waals surface area contributed by atoms with E-state index < -0.39 is 18.5 Å².